The minimum Gasteiger partial charge on any atom is -0.481 e. The number of nitrogens with two attached hydrogens (primary N) is 1. The third-order valence-corrected chi connectivity index (χ3v) is 12.0. The van der Waals surface area contributed by atoms with Crippen molar-refractivity contribution >= 4 is 63.4 Å². The molecule has 0 fully saturated rings. The van der Waals surface area contributed by atoms with Gasteiger partial charge in [-0.1, -0.05) is 76.2 Å². The number of benzene rings is 2. The van der Waals surface area contributed by atoms with Gasteiger partial charge in [0.15, 0.2) is 5.78 Å². The summed E-state index contributed by atoms with van der Waals surface area (Å²) in [5.41, 5.74) is 8.44. The maximum atomic E-state index is 14.6. The molecule has 16 nitrogen and oxygen atoms in total. The Kier molecular flexibility index (Phi) is 20.0. The number of ketones is 6. The van der Waals surface area contributed by atoms with Crippen molar-refractivity contribution in [2.24, 2.45) is 41.2 Å². The lowest BCUT2D eigenvalue weighted by Gasteiger charge is -2.24. The van der Waals surface area contributed by atoms with Crippen LogP contribution in [0.3, 0.4) is 0 Å². The van der Waals surface area contributed by atoms with E-state index >= 15 is 0 Å². The molecule has 0 saturated heterocycles. The zero-order valence-corrected chi connectivity index (χ0v) is 38.1. The zero-order valence-electron chi connectivity index (χ0n) is 38.1. The largest absolute Gasteiger partial charge is 0.481 e. The number of nitrogens with zero attached hydrogens (tertiary/aromatic N) is 1. The minimum atomic E-state index is -1.31. The third-order valence-electron chi connectivity index (χ3n) is 12.0. The number of rotatable bonds is 32. The molecule has 16 heteroatoms. The monoisotopic (exact) mass is 909 g/mol. The van der Waals surface area contributed by atoms with Crippen molar-refractivity contribution in [1.82, 2.24) is 20.3 Å². The van der Waals surface area contributed by atoms with Crippen LogP contribution in [0.2, 0.25) is 0 Å². The van der Waals surface area contributed by atoms with Crippen LogP contribution < -0.4 is 11.1 Å². The smallest absolute Gasteiger partial charge is 0.304 e. The number of para-hydroxylation sites is 1. The maximum Gasteiger partial charge on any atom is 0.304 e. The molecule has 0 unspecified atom stereocenters. The second-order valence-electron chi connectivity index (χ2n) is 18.0. The first-order valence-corrected chi connectivity index (χ1v) is 22.5. The number of amides is 1. The van der Waals surface area contributed by atoms with Gasteiger partial charge in [-0.2, -0.15) is 0 Å². The van der Waals surface area contributed by atoms with Gasteiger partial charge in [0.2, 0.25) is 5.91 Å². The van der Waals surface area contributed by atoms with E-state index in [0.29, 0.717) is 17.7 Å². The number of fused-ring (bicyclic) bond motifs is 1. The van der Waals surface area contributed by atoms with Gasteiger partial charge in [-0.25, -0.2) is 4.98 Å². The summed E-state index contributed by atoms with van der Waals surface area (Å²) in [7, 11) is 0. The van der Waals surface area contributed by atoms with Crippen LogP contribution in [0.25, 0.3) is 10.9 Å². The van der Waals surface area contributed by atoms with E-state index in [1.54, 1.807) is 20.0 Å². The number of hydrogen-bond donors (Lipinski definition) is 6. The molecule has 0 spiro atoms. The fourth-order valence-electron chi connectivity index (χ4n) is 8.54. The molecule has 66 heavy (non-hydrogen) atoms. The first-order chi connectivity index (χ1) is 31.3. The van der Waals surface area contributed by atoms with Gasteiger partial charge in [-0.15, -0.1) is 0 Å². The summed E-state index contributed by atoms with van der Waals surface area (Å²) in [6, 6.07) is 15.7. The summed E-state index contributed by atoms with van der Waals surface area (Å²) in [6.45, 7) is 7.04. The summed E-state index contributed by atoms with van der Waals surface area (Å²) in [6.07, 6.45) is 1.02. The van der Waals surface area contributed by atoms with Crippen LogP contribution in [0.1, 0.15) is 102 Å². The topological polar surface area (TPSA) is 277 Å². The number of aromatic nitrogens is 3. The summed E-state index contributed by atoms with van der Waals surface area (Å²) < 4.78 is 0. The highest BCUT2D eigenvalue weighted by Gasteiger charge is 2.36. The highest BCUT2D eigenvalue weighted by Crippen LogP contribution is 2.30. The lowest BCUT2D eigenvalue weighted by atomic mass is 9.78. The predicted octanol–water partition coefficient (Wildman–Crippen LogP) is 5.60. The van der Waals surface area contributed by atoms with E-state index in [9.17, 15) is 53.4 Å². The van der Waals surface area contributed by atoms with Crippen LogP contribution >= 0.6 is 0 Å². The Morgan fingerprint density at radius 2 is 1.18 bits per heavy atom. The number of aromatic amines is 2. The van der Waals surface area contributed by atoms with Crippen molar-refractivity contribution < 1.29 is 53.4 Å². The molecule has 354 valence electrons. The number of nitrogens with one attached hydrogen (secondary N) is 3. The number of Topliss-reactive ketones (excluding diaryl/α,β-unsaturated/α-hetero) is 6. The fourth-order valence-corrected chi connectivity index (χ4v) is 8.54. The number of carboxylic acids is 2. The van der Waals surface area contributed by atoms with Gasteiger partial charge in [-0.05, 0) is 42.9 Å². The first kappa shape index (κ1) is 52.2. The molecule has 2 aromatic heterocycles. The first-order valence-electron chi connectivity index (χ1n) is 22.5. The molecule has 4 rings (SSSR count). The molecular formula is C50H63N5O11. The van der Waals surface area contributed by atoms with Crippen LogP contribution in [0.4, 0.5) is 0 Å². The van der Waals surface area contributed by atoms with Crippen molar-refractivity contribution in [3.63, 3.8) is 0 Å². The molecule has 2 heterocycles. The lowest BCUT2D eigenvalue weighted by molar-refractivity contribution is -0.142. The van der Waals surface area contributed by atoms with E-state index in [-0.39, 0.29) is 49.7 Å². The number of primary amides is 1. The van der Waals surface area contributed by atoms with E-state index in [1.165, 1.54) is 12.5 Å². The second-order valence-corrected chi connectivity index (χ2v) is 18.0. The van der Waals surface area contributed by atoms with Gasteiger partial charge < -0.3 is 31.2 Å². The summed E-state index contributed by atoms with van der Waals surface area (Å²) in [5, 5.41) is 23.3. The van der Waals surface area contributed by atoms with Crippen molar-refractivity contribution in [1.29, 1.82) is 0 Å². The minimum absolute atomic E-state index is 0.00606. The Labute approximate surface area is 384 Å². The van der Waals surface area contributed by atoms with Crippen LogP contribution in [0.15, 0.2) is 73.3 Å². The van der Waals surface area contributed by atoms with E-state index in [4.69, 9.17) is 5.73 Å². The van der Waals surface area contributed by atoms with Crippen LogP contribution in [0.5, 0.6) is 0 Å². The van der Waals surface area contributed by atoms with Gasteiger partial charge in [0.25, 0.3) is 0 Å². The van der Waals surface area contributed by atoms with Gasteiger partial charge in [0.1, 0.15) is 28.9 Å². The average Bonchev–Trinajstić information content (AvgIpc) is 3.93. The maximum absolute atomic E-state index is 14.6. The number of hydrogen-bond acceptors (Lipinski definition) is 11. The summed E-state index contributed by atoms with van der Waals surface area (Å²) >= 11 is 0. The standard InChI is InChI=1S/C50H63N5O11/c1-29(2)50(66)32(14-15-48(62)63)19-42(56)34(18-38-27-52-28-54-38)21-44(58)35(24-47(51)61)22-43(57)33(17-37-26-53-40-13-9-8-12-39(37)40)20-45(59)36(25-49(64)65)23-46(60)41(55-30(3)4)16-31-10-6-5-7-11-31/h5-13,26-30,32-36,41,53,55H,14-25H2,1-4H3,(H2,51,61)(H,52,54)(H,62,63)(H,64,65)/t32-,33-,34-,35+,36+,41+/m0/s1. The Hall–Kier alpha value is -6.42. The van der Waals surface area contributed by atoms with Crippen LogP contribution in [-0.4, -0.2) is 89.8 Å². The molecule has 0 aliphatic carbocycles. The SMILES string of the molecule is CC(C)N[C@H](Cc1ccccc1)C(=O)C[C@H](CC(=O)O)C(=O)C[C@H](Cc1c[nH]c2ccccc12)C(=O)C[C@H](CC(N)=O)C(=O)C[C@H](Cc1cnc[nH]1)C(=O)C[C@H](CCC(=O)O)C(=O)C(C)C. The molecule has 0 bridgehead atoms. The van der Waals surface area contributed by atoms with E-state index in [1.807, 2.05) is 68.4 Å². The zero-order chi connectivity index (χ0) is 48.5. The highest BCUT2D eigenvalue weighted by atomic mass is 16.4. The highest BCUT2D eigenvalue weighted by molar-refractivity contribution is 5.98. The fraction of sp³-hybridized carbons (Fsp3) is 0.480. The lowest BCUT2D eigenvalue weighted by Crippen LogP contribution is -2.43. The van der Waals surface area contributed by atoms with E-state index in [0.717, 1.165) is 16.5 Å². The normalized spacial score (nSPS) is 14.3. The van der Waals surface area contributed by atoms with Crippen molar-refractivity contribution in [2.75, 3.05) is 0 Å². The van der Waals surface area contributed by atoms with Crippen LogP contribution in [0, 0.1) is 35.5 Å². The Morgan fingerprint density at radius 1 is 0.621 bits per heavy atom. The Bertz CT molecular complexity index is 2320. The Morgan fingerprint density at radius 3 is 1.76 bits per heavy atom. The second kappa shape index (κ2) is 25.3. The molecule has 0 aliphatic rings. The van der Waals surface area contributed by atoms with Gasteiger partial charge in [0, 0.05) is 115 Å². The van der Waals surface area contributed by atoms with Crippen LogP contribution in [-0.2, 0) is 62.4 Å². The molecular weight excluding hydrogens is 847 g/mol. The summed E-state index contributed by atoms with van der Waals surface area (Å²) in [5.74, 6) is -12.5. The van der Waals surface area contributed by atoms with E-state index < -0.39 is 121 Å². The predicted molar refractivity (Wildman–Crippen MR) is 245 cm³/mol. The van der Waals surface area contributed by atoms with Gasteiger partial charge >= 0.3 is 11.9 Å². The molecule has 6 atom stereocenters. The van der Waals surface area contributed by atoms with Gasteiger partial charge in [0.05, 0.1) is 18.8 Å². The van der Waals surface area contributed by atoms with Crippen molar-refractivity contribution in [3.05, 3.63) is 90.1 Å². The summed E-state index contributed by atoms with van der Waals surface area (Å²) in [4.78, 5) is 130. The van der Waals surface area contributed by atoms with Crippen molar-refractivity contribution in [2.45, 2.75) is 117 Å². The molecule has 1 amide bonds. The van der Waals surface area contributed by atoms with Crippen molar-refractivity contribution in [3.8, 4) is 0 Å². The number of imidazole rings is 1. The van der Waals surface area contributed by atoms with Gasteiger partial charge in [-0.3, -0.25) is 43.2 Å². The number of carbonyl (C=O) groups is 9. The third kappa shape index (κ3) is 16.5. The van der Waals surface area contributed by atoms with E-state index in [2.05, 4.69) is 20.3 Å². The molecule has 0 radical (unpaired) electrons. The number of H-pyrrole nitrogens is 2. The molecule has 0 aliphatic heterocycles. The Balaban J connectivity index is 1.64. The molecule has 7 N–H and O–H groups in total. The quantitative estimate of drug-likeness (QED) is 0.0348. The molecule has 4 aromatic rings. The number of carboxylic acid groups (broad SMARTS) is 2. The molecule has 2 aromatic carbocycles. The molecule has 0 saturated carbocycles. The number of aliphatic carboxylic acids is 2. The number of carbonyl (C=O) groups excluding carboxylic acids is 7. The average molecular weight is 910 g/mol.